The van der Waals surface area contributed by atoms with Crippen LogP contribution in [0.4, 0.5) is 8.78 Å². The minimum absolute atomic E-state index is 1.50. The zero-order valence-electron chi connectivity index (χ0n) is 5.89. The monoisotopic (exact) mass is 176 g/mol. The van der Waals surface area contributed by atoms with Crippen molar-refractivity contribution in [1.82, 2.24) is 9.97 Å². The molecular formula is C6H6F2N2O2. The molecule has 0 bridgehead atoms. The molecule has 0 radical (unpaired) electrons. The molecule has 0 fully saturated rings. The predicted molar refractivity (Wildman–Crippen MR) is 35.7 cm³/mol. The number of hydrogen-bond acceptors (Lipinski definition) is 3. The van der Waals surface area contributed by atoms with Crippen LogP contribution in [0.3, 0.4) is 0 Å². The lowest BCUT2D eigenvalue weighted by molar-refractivity contribution is -0.149. The molecule has 1 heterocycles. The Kier molecular flexibility index (Phi) is 5.33. The summed E-state index contributed by atoms with van der Waals surface area (Å²) in [5, 5.41) is 7.24. The molecule has 1 N–H and O–H groups in total. The van der Waals surface area contributed by atoms with Crippen molar-refractivity contribution < 1.29 is 18.7 Å². The number of carbonyl (C=O) groups is 1. The van der Waals surface area contributed by atoms with Crippen molar-refractivity contribution in [3.8, 4) is 0 Å². The van der Waals surface area contributed by atoms with E-state index in [1.54, 1.807) is 18.5 Å². The number of aromatic nitrogens is 2. The van der Waals surface area contributed by atoms with Gasteiger partial charge in [-0.05, 0) is 6.07 Å². The summed E-state index contributed by atoms with van der Waals surface area (Å²) < 4.78 is 21.1. The molecule has 0 saturated heterocycles. The number of hydrogen-bond donors (Lipinski definition) is 1. The van der Waals surface area contributed by atoms with E-state index in [1.807, 2.05) is 0 Å². The van der Waals surface area contributed by atoms with E-state index in [4.69, 9.17) is 9.90 Å². The van der Waals surface area contributed by atoms with Gasteiger partial charge in [0.1, 0.15) is 6.33 Å². The van der Waals surface area contributed by atoms with Crippen LogP contribution in [0.15, 0.2) is 24.8 Å². The molecule has 0 spiro atoms. The van der Waals surface area contributed by atoms with Crippen LogP contribution in [-0.2, 0) is 4.79 Å². The minimum atomic E-state index is -3.23. The van der Waals surface area contributed by atoms with Gasteiger partial charge >= 0.3 is 12.4 Å². The van der Waals surface area contributed by atoms with Crippen LogP contribution in [0.25, 0.3) is 0 Å². The van der Waals surface area contributed by atoms with Gasteiger partial charge in [0.05, 0.1) is 0 Å². The second kappa shape index (κ2) is 6.14. The van der Waals surface area contributed by atoms with Gasteiger partial charge in [0, 0.05) is 12.4 Å². The first-order valence-corrected chi connectivity index (χ1v) is 2.85. The summed E-state index contributed by atoms with van der Waals surface area (Å²) in [4.78, 5) is 16.3. The fraction of sp³-hybridized carbons (Fsp3) is 0.167. The van der Waals surface area contributed by atoms with E-state index in [2.05, 4.69) is 9.97 Å². The number of aliphatic carboxylic acids is 1. The summed E-state index contributed by atoms with van der Waals surface area (Å²) in [6.45, 7) is 0. The molecule has 4 nitrogen and oxygen atoms in total. The van der Waals surface area contributed by atoms with Crippen molar-refractivity contribution in [2.75, 3.05) is 0 Å². The Hall–Kier alpha value is -1.59. The third kappa shape index (κ3) is 6.53. The van der Waals surface area contributed by atoms with Gasteiger partial charge in [-0.1, -0.05) is 0 Å². The van der Waals surface area contributed by atoms with Gasteiger partial charge in [0.15, 0.2) is 0 Å². The third-order valence-corrected chi connectivity index (χ3v) is 0.664. The van der Waals surface area contributed by atoms with Crippen molar-refractivity contribution in [2.24, 2.45) is 0 Å². The van der Waals surface area contributed by atoms with Gasteiger partial charge in [-0.2, -0.15) is 8.78 Å². The third-order valence-electron chi connectivity index (χ3n) is 0.664. The number of nitrogens with zero attached hydrogens (tertiary/aromatic N) is 2. The normalized spacial score (nSPS) is 8.58. The maximum absolute atomic E-state index is 10.6. The summed E-state index contributed by atoms with van der Waals surface area (Å²) >= 11 is 0. The first kappa shape index (κ1) is 10.4. The van der Waals surface area contributed by atoms with Crippen molar-refractivity contribution in [3.63, 3.8) is 0 Å². The van der Waals surface area contributed by atoms with Gasteiger partial charge in [0.25, 0.3) is 0 Å². The molecule has 1 aromatic rings. The quantitative estimate of drug-likeness (QED) is 0.687. The average Bonchev–Trinajstić information content (AvgIpc) is 2.08. The van der Waals surface area contributed by atoms with E-state index in [0.717, 1.165) is 0 Å². The molecule has 0 atom stereocenters. The van der Waals surface area contributed by atoms with Crippen molar-refractivity contribution >= 4 is 5.97 Å². The minimum Gasteiger partial charge on any atom is -0.477 e. The van der Waals surface area contributed by atoms with E-state index >= 15 is 0 Å². The Bertz CT molecular complexity index is 191. The Morgan fingerprint density at radius 1 is 1.33 bits per heavy atom. The summed E-state index contributed by atoms with van der Waals surface area (Å²) in [5.41, 5.74) is 0. The first-order valence-electron chi connectivity index (χ1n) is 2.85. The van der Waals surface area contributed by atoms with Crippen LogP contribution in [0, 0.1) is 0 Å². The van der Waals surface area contributed by atoms with Crippen molar-refractivity contribution in [2.45, 2.75) is 6.43 Å². The maximum atomic E-state index is 10.6. The van der Waals surface area contributed by atoms with Crippen LogP contribution in [-0.4, -0.2) is 27.5 Å². The molecule has 1 aromatic heterocycles. The van der Waals surface area contributed by atoms with Crippen LogP contribution in [0.2, 0.25) is 0 Å². The maximum Gasteiger partial charge on any atom is 0.371 e. The molecule has 66 valence electrons. The second-order valence-electron chi connectivity index (χ2n) is 1.54. The van der Waals surface area contributed by atoms with Crippen molar-refractivity contribution in [1.29, 1.82) is 0 Å². The predicted octanol–water partition coefficient (Wildman–Crippen LogP) is 0.813. The van der Waals surface area contributed by atoms with Crippen LogP contribution >= 0.6 is 0 Å². The summed E-state index contributed by atoms with van der Waals surface area (Å²) in [6.07, 6.45) is 1.64. The lowest BCUT2D eigenvalue weighted by Gasteiger charge is -1.81. The van der Waals surface area contributed by atoms with Gasteiger partial charge < -0.3 is 5.11 Å². The van der Waals surface area contributed by atoms with E-state index in [0.29, 0.717) is 0 Å². The molecule has 0 unspecified atom stereocenters. The largest absolute Gasteiger partial charge is 0.477 e. The van der Waals surface area contributed by atoms with E-state index in [-0.39, 0.29) is 0 Å². The molecule has 0 amide bonds. The zero-order valence-corrected chi connectivity index (χ0v) is 5.89. The fourth-order valence-electron chi connectivity index (χ4n) is 0.253. The van der Waals surface area contributed by atoms with Gasteiger partial charge in [-0.3, -0.25) is 0 Å². The van der Waals surface area contributed by atoms with E-state index in [9.17, 15) is 8.78 Å². The van der Waals surface area contributed by atoms with Crippen LogP contribution < -0.4 is 0 Å². The molecule has 0 aromatic carbocycles. The highest BCUT2D eigenvalue weighted by Crippen LogP contribution is 1.87. The smallest absolute Gasteiger partial charge is 0.371 e. The lowest BCUT2D eigenvalue weighted by atomic mass is 10.7. The summed E-state index contributed by atoms with van der Waals surface area (Å²) in [5.74, 6) is -2.07. The van der Waals surface area contributed by atoms with E-state index < -0.39 is 12.4 Å². The second-order valence-corrected chi connectivity index (χ2v) is 1.54. The van der Waals surface area contributed by atoms with E-state index in [1.165, 1.54) is 6.33 Å². The van der Waals surface area contributed by atoms with Gasteiger partial charge in [-0.15, -0.1) is 0 Å². The average molecular weight is 176 g/mol. The standard InChI is InChI=1S/C4H4N2.C2H2F2O2/c1-2-5-4-6-3-1;3-1(4)2(5)6/h1-4H;1H,(H,5,6). The number of alkyl halides is 2. The Morgan fingerprint density at radius 3 is 1.83 bits per heavy atom. The Balaban J connectivity index is 0.000000202. The van der Waals surface area contributed by atoms with Crippen LogP contribution in [0.5, 0.6) is 0 Å². The molecule has 0 aliphatic heterocycles. The number of carboxylic acids is 1. The fourth-order valence-corrected chi connectivity index (χ4v) is 0.253. The first-order chi connectivity index (χ1) is 5.64. The molecule has 0 aliphatic carbocycles. The SMILES string of the molecule is O=C(O)C(F)F.c1cncnc1. The number of carboxylic acid groups (broad SMARTS) is 1. The molecule has 0 aliphatic rings. The summed E-state index contributed by atoms with van der Waals surface area (Å²) in [7, 11) is 0. The lowest BCUT2D eigenvalue weighted by Crippen LogP contribution is -2.06. The van der Waals surface area contributed by atoms with Gasteiger partial charge in [-0.25, -0.2) is 14.8 Å². The highest BCUT2D eigenvalue weighted by Gasteiger charge is 2.10. The molecular weight excluding hydrogens is 170 g/mol. The zero-order chi connectivity index (χ0) is 9.40. The summed E-state index contributed by atoms with van der Waals surface area (Å²) in [6, 6.07) is 1.78. The Labute approximate surface area is 66.9 Å². The molecule has 0 saturated carbocycles. The number of halogens is 2. The highest BCUT2D eigenvalue weighted by molar-refractivity contribution is 5.70. The van der Waals surface area contributed by atoms with Crippen LogP contribution in [0.1, 0.15) is 0 Å². The highest BCUT2D eigenvalue weighted by atomic mass is 19.3. The molecule has 1 rings (SSSR count). The topological polar surface area (TPSA) is 63.1 Å². The Morgan fingerprint density at radius 2 is 1.75 bits per heavy atom. The van der Waals surface area contributed by atoms with Crippen molar-refractivity contribution in [3.05, 3.63) is 24.8 Å². The number of rotatable bonds is 1. The molecule has 12 heavy (non-hydrogen) atoms. The molecule has 6 heteroatoms. The van der Waals surface area contributed by atoms with Gasteiger partial charge in [0.2, 0.25) is 0 Å².